The molecule has 19 heavy (non-hydrogen) atoms. The Morgan fingerprint density at radius 3 is 2.68 bits per heavy atom. The summed E-state index contributed by atoms with van der Waals surface area (Å²) in [4.78, 5) is 22.5. The number of nitrogens with zero attached hydrogens (tertiary/aromatic N) is 2. The quantitative estimate of drug-likeness (QED) is 0.624. The molecule has 1 heterocycles. The molecule has 0 amide bonds. The fraction of sp³-hybridized carbons (Fsp3) is 0.214. The molecule has 0 saturated carbocycles. The zero-order valence-corrected chi connectivity index (χ0v) is 11.0. The number of hydrogen-bond acceptors (Lipinski definition) is 4. The van der Waals surface area contributed by atoms with E-state index >= 15 is 0 Å². The second-order valence-electron chi connectivity index (χ2n) is 4.28. The Morgan fingerprint density at radius 1 is 1.37 bits per heavy atom. The number of ether oxygens (including phenoxy) is 1. The average Bonchev–Trinajstić information content (AvgIpc) is 2.81. The standard InChI is InChI=1S/C14H14N2O3/c1-9-4-5-12(10(2)6-9)16-7-11(8-17)13(15-16)14(18)19-3/h4-8H,1-3H3. The summed E-state index contributed by atoms with van der Waals surface area (Å²) in [5, 5.41) is 4.12. The van der Waals surface area contributed by atoms with Crippen molar-refractivity contribution in [3.05, 3.63) is 46.8 Å². The number of rotatable bonds is 3. The number of methoxy groups -OCH3 is 1. The molecule has 0 aliphatic rings. The zero-order valence-electron chi connectivity index (χ0n) is 11.0. The summed E-state index contributed by atoms with van der Waals surface area (Å²) < 4.78 is 6.12. The molecule has 0 spiro atoms. The van der Waals surface area contributed by atoms with Crippen LogP contribution in [0.2, 0.25) is 0 Å². The number of carbonyl (C=O) groups is 2. The molecule has 0 bridgehead atoms. The van der Waals surface area contributed by atoms with Gasteiger partial charge in [-0.15, -0.1) is 0 Å². The first-order chi connectivity index (χ1) is 9.06. The number of aryl methyl sites for hydroxylation is 2. The Kier molecular flexibility index (Phi) is 3.46. The van der Waals surface area contributed by atoms with Gasteiger partial charge in [-0.1, -0.05) is 17.7 Å². The van der Waals surface area contributed by atoms with E-state index in [1.807, 2.05) is 32.0 Å². The van der Waals surface area contributed by atoms with Crippen LogP contribution in [-0.4, -0.2) is 29.1 Å². The van der Waals surface area contributed by atoms with E-state index in [4.69, 9.17) is 0 Å². The lowest BCUT2D eigenvalue weighted by atomic mass is 10.1. The highest BCUT2D eigenvalue weighted by atomic mass is 16.5. The summed E-state index contributed by atoms with van der Waals surface area (Å²) in [7, 11) is 1.26. The Labute approximate surface area is 110 Å². The molecule has 2 rings (SSSR count). The topological polar surface area (TPSA) is 61.2 Å². The molecule has 0 atom stereocenters. The molecular weight excluding hydrogens is 244 g/mol. The van der Waals surface area contributed by atoms with Crippen molar-refractivity contribution in [2.24, 2.45) is 0 Å². The monoisotopic (exact) mass is 258 g/mol. The van der Waals surface area contributed by atoms with E-state index in [-0.39, 0.29) is 11.3 Å². The maximum absolute atomic E-state index is 11.5. The maximum Gasteiger partial charge on any atom is 0.359 e. The van der Waals surface area contributed by atoms with Crippen LogP contribution in [0.1, 0.15) is 32.0 Å². The van der Waals surface area contributed by atoms with Crippen molar-refractivity contribution >= 4 is 12.3 Å². The highest BCUT2D eigenvalue weighted by molar-refractivity contribution is 5.96. The summed E-state index contributed by atoms with van der Waals surface area (Å²) in [6.45, 7) is 3.94. The third-order valence-corrected chi connectivity index (χ3v) is 2.85. The fourth-order valence-electron chi connectivity index (χ4n) is 1.91. The predicted octanol–water partition coefficient (Wildman–Crippen LogP) is 2.09. The Hall–Kier alpha value is -2.43. The fourth-order valence-corrected chi connectivity index (χ4v) is 1.91. The van der Waals surface area contributed by atoms with Gasteiger partial charge in [0, 0.05) is 6.20 Å². The first-order valence-corrected chi connectivity index (χ1v) is 5.77. The Morgan fingerprint density at radius 2 is 2.11 bits per heavy atom. The molecule has 2 aromatic rings. The Bertz CT molecular complexity index is 644. The minimum absolute atomic E-state index is 0.0254. The summed E-state index contributed by atoms with van der Waals surface area (Å²) in [6.07, 6.45) is 2.12. The lowest BCUT2D eigenvalue weighted by Gasteiger charge is -2.06. The summed E-state index contributed by atoms with van der Waals surface area (Å²) in [5.41, 5.74) is 3.21. The number of benzene rings is 1. The van der Waals surface area contributed by atoms with E-state index in [0.717, 1.165) is 16.8 Å². The van der Waals surface area contributed by atoms with Crippen LogP contribution in [0.15, 0.2) is 24.4 Å². The molecule has 0 saturated heterocycles. The molecule has 98 valence electrons. The number of esters is 1. The van der Waals surface area contributed by atoms with Gasteiger partial charge in [0.15, 0.2) is 12.0 Å². The lowest BCUT2D eigenvalue weighted by Crippen LogP contribution is -2.06. The van der Waals surface area contributed by atoms with Crippen LogP contribution >= 0.6 is 0 Å². The molecule has 1 aromatic heterocycles. The molecule has 0 unspecified atom stereocenters. The Balaban J connectivity index is 2.54. The van der Waals surface area contributed by atoms with Crippen molar-refractivity contribution in [2.75, 3.05) is 7.11 Å². The zero-order chi connectivity index (χ0) is 14.0. The molecule has 0 radical (unpaired) electrons. The number of aromatic nitrogens is 2. The van der Waals surface area contributed by atoms with Gasteiger partial charge in [-0.3, -0.25) is 4.79 Å². The van der Waals surface area contributed by atoms with Crippen LogP contribution in [0, 0.1) is 13.8 Å². The van der Waals surface area contributed by atoms with Crippen LogP contribution in [0.25, 0.3) is 5.69 Å². The van der Waals surface area contributed by atoms with Gasteiger partial charge in [0.25, 0.3) is 0 Å². The van der Waals surface area contributed by atoms with Gasteiger partial charge in [0.05, 0.1) is 18.4 Å². The largest absolute Gasteiger partial charge is 0.464 e. The SMILES string of the molecule is COC(=O)c1nn(-c2ccc(C)cc2C)cc1C=O. The van der Waals surface area contributed by atoms with Gasteiger partial charge in [-0.25, -0.2) is 9.48 Å². The summed E-state index contributed by atoms with van der Waals surface area (Å²) >= 11 is 0. The molecule has 0 fully saturated rings. The normalized spacial score (nSPS) is 10.3. The molecule has 5 nitrogen and oxygen atoms in total. The van der Waals surface area contributed by atoms with E-state index in [2.05, 4.69) is 9.84 Å². The number of aldehydes is 1. The van der Waals surface area contributed by atoms with E-state index in [1.54, 1.807) is 0 Å². The van der Waals surface area contributed by atoms with E-state index in [9.17, 15) is 9.59 Å². The van der Waals surface area contributed by atoms with Crippen molar-refractivity contribution in [2.45, 2.75) is 13.8 Å². The number of carbonyl (C=O) groups excluding carboxylic acids is 2. The second kappa shape index (κ2) is 5.06. The van der Waals surface area contributed by atoms with E-state index in [0.29, 0.717) is 6.29 Å². The predicted molar refractivity (Wildman–Crippen MR) is 69.8 cm³/mol. The maximum atomic E-state index is 11.5. The molecule has 5 heteroatoms. The molecule has 0 N–H and O–H groups in total. The van der Waals surface area contributed by atoms with Gasteiger partial charge >= 0.3 is 5.97 Å². The van der Waals surface area contributed by atoms with Crippen molar-refractivity contribution in [3.8, 4) is 5.69 Å². The number of hydrogen-bond donors (Lipinski definition) is 0. The average molecular weight is 258 g/mol. The van der Waals surface area contributed by atoms with Gasteiger partial charge in [-0.2, -0.15) is 5.10 Å². The molecular formula is C14H14N2O3. The third-order valence-electron chi connectivity index (χ3n) is 2.85. The van der Waals surface area contributed by atoms with Gasteiger partial charge in [-0.05, 0) is 25.5 Å². The summed E-state index contributed by atoms with van der Waals surface area (Å²) in [6, 6.07) is 5.85. The van der Waals surface area contributed by atoms with Crippen molar-refractivity contribution in [1.82, 2.24) is 9.78 Å². The van der Waals surface area contributed by atoms with Gasteiger partial charge in [0.2, 0.25) is 0 Å². The minimum Gasteiger partial charge on any atom is -0.464 e. The van der Waals surface area contributed by atoms with Crippen LogP contribution in [-0.2, 0) is 4.74 Å². The van der Waals surface area contributed by atoms with Crippen LogP contribution in [0.3, 0.4) is 0 Å². The molecule has 1 aromatic carbocycles. The van der Waals surface area contributed by atoms with Gasteiger partial charge in [0.1, 0.15) is 0 Å². The third kappa shape index (κ3) is 2.40. The van der Waals surface area contributed by atoms with Crippen LogP contribution in [0.4, 0.5) is 0 Å². The van der Waals surface area contributed by atoms with Crippen LogP contribution in [0.5, 0.6) is 0 Å². The van der Waals surface area contributed by atoms with Crippen molar-refractivity contribution in [3.63, 3.8) is 0 Å². The van der Waals surface area contributed by atoms with Crippen LogP contribution < -0.4 is 0 Å². The smallest absolute Gasteiger partial charge is 0.359 e. The first kappa shape index (κ1) is 13.0. The summed E-state index contributed by atoms with van der Waals surface area (Å²) in [5.74, 6) is -0.620. The van der Waals surface area contributed by atoms with E-state index in [1.165, 1.54) is 18.0 Å². The highest BCUT2D eigenvalue weighted by Crippen LogP contribution is 2.17. The van der Waals surface area contributed by atoms with E-state index < -0.39 is 5.97 Å². The van der Waals surface area contributed by atoms with Crippen molar-refractivity contribution < 1.29 is 14.3 Å². The molecule has 0 aliphatic carbocycles. The second-order valence-corrected chi connectivity index (χ2v) is 4.28. The van der Waals surface area contributed by atoms with Gasteiger partial charge < -0.3 is 4.74 Å². The molecule has 0 aliphatic heterocycles. The van der Waals surface area contributed by atoms with Crippen molar-refractivity contribution in [1.29, 1.82) is 0 Å². The lowest BCUT2D eigenvalue weighted by molar-refractivity contribution is 0.0591. The first-order valence-electron chi connectivity index (χ1n) is 5.77. The highest BCUT2D eigenvalue weighted by Gasteiger charge is 2.18. The minimum atomic E-state index is -0.620.